The standard InChI is InChI=1S/C77H48N4/c78-49-73-65(53-25-9-1-10-26-53)41-61(42-66(73)54-27-11-2-12-28-54)77(62-43-67(55-29-13-3-14-30-55)74(50-79)68(44-62)56-31-15-4-16-32-56,63-45-69(57-33-17-5-18-34-57)75(51-80)70(46-63)58-35-19-6-20-36-58)64-47-71(59-37-21-7-22-38-59)76(52-81)72(48-64)60-39-23-8-24-40-60/h1-48H. The van der Waals surface area contributed by atoms with E-state index in [1.165, 1.54) is 0 Å². The maximum Gasteiger partial charge on any atom is 0.100 e. The Labute approximate surface area is 472 Å². The van der Waals surface area contributed by atoms with Crippen LogP contribution in [0.2, 0.25) is 0 Å². The van der Waals surface area contributed by atoms with E-state index >= 15 is 0 Å². The third-order valence-corrected chi connectivity index (χ3v) is 15.4. The minimum absolute atomic E-state index is 0.504. The fourth-order valence-electron chi connectivity index (χ4n) is 11.7. The molecule has 0 atom stereocenters. The van der Waals surface area contributed by atoms with Gasteiger partial charge < -0.3 is 0 Å². The Bertz CT molecular complexity index is 3610. The van der Waals surface area contributed by atoms with Crippen molar-refractivity contribution in [2.75, 3.05) is 0 Å². The first-order valence-electron chi connectivity index (χ1n) is 26.8. The van der Waals surface area contributed by atoms with E-state index in [-0.39, 0.29) is 0 Å². The summed E-state index contributed by atoms with van der Waals surface area (Å²) in [6.07, 6.45) is 0. The Morgan fingerprint density at radius 2 is 0.309 bits per heavy atom. The summed E-state index contributed by atoms with van der Waals surface area (Å²) in [5.74, 6) is 0. The fraction of sp³-hybridized carbons (Fsp3) is 0.0130. The number of nitriles is 4. The van der Waals surface area contributed by atoms with E-state index < -0.39 is 5.41 Å². The first-order valence-corrected chi connectivity index (χ1v) is 26.8. The van der Waals surface area contributed by atoms with E-state index in [0.717, 1.165) is 111 Å². The summed E-state index contributed by atoms with van der Waals surface area (Å²) in [5.41, 5.74) is 16.3. The lowest BCUT2D eigenvalue weighted by Crippen LogP contribution is -2.32. The highest BCUT2D eigenvalue weighted by atomic mass is 14.5. The van der Waals surface area contributed by atoms with Crippen molar-refractivity contribution >= 4 is 0 Å². The molecule has 0 radical (unpaired) electrons. The highest BCUT2D eigenvalue weighted by Crippen LogP contribution is 2.54. The second-order valence-corrected chi connectivity index (χ2v) is 19.9. The Morgan fingerprint density at radius 3 is 0.420 bits per heavy atom. The van der Waals surface area contributed by atoms with Crippen LogP contribution in [0.15, 0.2) is 291 Å². The molecule has 0 aliphatic carbocycles. The average Bonchev–Trinajstić information content (AvgIpc) is 3.12. The fourth-order valence-corrected chi connectivity index (χ4v) is 11.7. The molecule has 0 aromatic heterocycles. The largest absolute Gasteiger partial charge is 0.192 e. The summed E-state index contributed by atoms with van der Waals surface area (Å²) in [6.45, 7) is 0. The maximum absolute atomic E-state index is 11.6. The first-order chi connectivity index (χ1) is 40.0. The van der Waals surface area contributed by atoms with Crippen LogP contribution in [0.3, 0.4) is 0 Å². The molecule has 0 fully saturated rings. The van der Waals surface area contributed by atoms with Gasteiger partial charge in [0.1, 0.15) is 24.3 Å². The van der Waals surface area contributed by atoms with Crippen LogP contribution < -0.4 is 0 Å². The number of nitrogens with zero attached hydrogens (tertiary/aromatic N) is 4. The van der Waals surface area contributed by atoms with Crippen molar-refractivity contribution in [3.63, 3.8) is 0 Å². The quantitative estimate of drug-likeness (QED) is 0.114. The smallest absolute Gasteiger partial charge is 0.100 e. The number of benzene rings is 12. The summed E-state index contributed by atoms with van der Waals surface area (Å²) in [6, 6.07) is 109. The van der Waals surface area contributed by atoms with E-state index in [1.54, 1.807) is 0 Å². The van der Waals surface area contributed by atoms with Gasteiger partial charge in [-0.05, 0) is 115 Å². The third-order valence-electron chi connectivity index (χ3n) is 15.4. The van der Waals surface area contributed by atoms with Gasteiger partial charge in [0, 0.05) is 44.5 Å². The minimum atomic E-state index is -1.44. The van der Waals surface area contributed by atoms with Crippen molar-refractivity contribution in [1.82, 2.24) is 0 Å². The molecule has 0 saturated carbocycles. The summed E-state index contributed by atoms with van der Waals surface area (Å²) in [4.78, 5) is 0. The Morgan fingerprint density at radius 1 is 0.185 bits per heavy atom. The second-order valence-electron chi connectivity index (χ2n) is 19.9. The Balaban J connectivity index is 1.41. The molecule has 0 unspecified atom stereocenters. The molecule has 0 bridgehead atoms. The number of rotatable bonds is 12. The lowest BCUT2D eigenvalue weighted by molar-refractivity contribution is 0.747. The molecule has 0 heterocycles. The van der Waals surface area contributed by atoms with Gasteiger partial charge in [-0.25, -0.2) is 0 Å². The van der Waals surface area contributed by atoms with Crippen LogP contribution in [-0.4, -0.2) is 0 Å². The van der Waals surface area contributed by atoms with Gasteiger partial charge in [-0.2, -0.15) is 21.0 Å². The zero-order chi connectivity index (χ0) is 55.1. The van der Waals surface area contributed by atoms with Crippen LogP contribution in [0, 0.1) is 45.3 Å². The third kappa shape index (κ3) is 9.33. The van der Waals surface area contributed by atoms with Crippen LogP contribution in [0.5, 0.6) is 0 Å². The van der Waals surface area contributed by atoms with Crippen molar-refractivity contribution in [1.29, 1.82) is 21.0 Å². The summed E-state index contributed by atoms with van der Waals surface area (Å²) in [5, 5.41) is 46.3. The number of hydrogen-bond donors (Lipinski definition) is 0. The molecule has 12 rings (SSSR count). The van der Waals surface area contributed by atoms with Gasteiger partial charge in [-0.3, -0.25) is 0 Å². The average molecular weight is 1030 g/mol. The lowest BCUT2D eigenvalue weighted by Gasteiger charge is -2.40. The van der Waals surface area contributed by atoms with Gasteiger partial charge in [0.05, 0.1) is 27.7 Å². The molecule has 376 valence electrons. The van der Waals surface area contributed by atoms with E-state index in [2.05, 4.69) is 72.8 Å². The summed E-state index contributed by atoms with van der Waals surface area (Å²) in [7, 11) is 0. The molecule has 0 aliphatic heterocycles. The second kappa shape index (κ2) is 22.3. The van der Waals surface area contributed by atoms with Crippen molar-refractivity contribution in [3.05, 3.63) is 336 Å². The molecule has 4 nitrogen and oxygen atoms in total. The Hall–Kier alpha value is -11.4. The summed E-state index contributed by atoms with van der Waals surface area (Å²) >= 11 is 0. The van der Waals surface area contributed by atoms with Crippen molar-refractivity contribution < 1.29 is 0 Å². The molecule has 0 N–H and O–H groups in total. The van der Waals surface area contributed by atoms with Crippen LogP contribution in [0.1, 0.15) is 44.5 Å². The van der Waals surface area contributed by atoms with Crippen LogP contribution in [0.25, 0.3) is 89.0 Å². The van der Waals surface area contributed by atoms with Crippen molar-refractivity contribution in [3.8, 4) is 113 Å². The van der Waals surface area contributed by atoms with E-state index in [4.69, 9.17) is 0 Å². The first kappa shape index (κ1) is 50.4. The summed E-state index contributed by atoms with van der Waals surface area (Å²) < 4.78 is 0. The Kier molecular flexibility index (Phi) is 13.9. The highest BCUT2D eigenvalue weighted by Gasteiger charge is 2.43. The van der Waals surface area contributed by atoms with Gasteiger partial charge in [0.15, 0.2) is 0 Å². The highest BCUT2D eigenvalue weighted by molar-refractivity contribution is 5.92. The van der Waals surface area contributed by atoms with Gasteiger partial charge in [0.2, 0.25) is 0 Å². The molecular weight excluding hydrogens is 981 g/mol. The topological polar surface area (TPSA) is 95.2 Å². The molecule has 12 aromatic rings. The molecule has 0 aliphatic rings. The van der Waals surface area contributed by atoms with Crippen molar-refractivity contribution in [2.24, 2.45) is 0 Å². The van der Waals surface area contributed by atoms with Gasteiger partial charge in [-0.15, -0.1) is 0 Å². The molecule has 81 heavy (non-hydrogen) atoms. The number of hydrogen-bond acceptors (Lipinski definition) is 4. The molecule has 0 amide bonds. The lowest BCUT2D eigenvalue weighted by atomic mass is 9.61. The minimum Gasteiger partial charge on any atom is -0.192 e. The molecule has 4 heteroatoms. The molecule has 12 aromatic carbocycles. The van der Waals surface area contributed by atoms with Crippen LogP contribution in [-0.2, 0) is 5.41 Å². The zero-order valence-electron chi connectivity index (χ0n) is 44.0. The van der Waals surface area contributed by atoms with Crippen LogP contribution in [0.4, 0.5) is 0 Å². The molecule has 0 saturated heterocycles. The van der Waals surface area contributed by atoms with Crippen molar-refractivity contribution in [2.45, 2.75) is 5.41 Å². The molecular formula is C77H48N4. The van der Waals surface area contributed by atoms with E-state index in [1.807, 2.05) is 243 Å². The predicted molar refractivity (Wildman–Crippen MR) is 327 cm³/mol. The zero-order valence-corrected chi connectivity index (χ0v) is 44.0. The molecule has 0 spiro atoms. The normalized spacial score (nSPS) is 10.9. The van der Waals surface area contributed by atoms with Gasteiger partial charge in [0.25, 0.3) is 0 Å². The monoisotopic (exact) mass is 1030 g/mol. The van der Waals surface area contributed by atoms with Gasteiger partial charge in [-0.1, -0.05) is 243 Å². The maximum atomic E-state index is 11.6. The van der Waals surface area contributed by atoms with E-state index in [9.17, 15) is 21.0 Å². The van der Waals surface area contributed by atoms with Crippen LogP contribution >= 0.6 is 0 Å². The van der Waals surface area contributed by atoms with E-state index in [0.29, 0.717) is 22.3 Å². The predicted octanol–water partition coefficient (Wildman–Crippen LogP) is 18.9. The van der Waals surface area contributed by atoms with Gasteiger partial charge >= 0.3 is 0 Å². The SMILES string of the molecule is N#Cc1c(-c2ccccc2)cc(C(c2cc(-c3ccccc3)c(C#N)c(-c3ccccc3)c2)(c2cc(-c3ccccc3)c(C#N)c(-c3ccccc3)c2)c2cc(-c3ccccc3)c(C#N)c(-c3ccccc3)c2)cc1-c1ccccc1.